The normalized spacial score (nSPS) is 20.9. The molecule has 2 heteroatoms. The van der Waals surface area contributed by atoms with Crippen LogP contribution < -0.4 is 5.32 Å². The Bertz CT molecular complexity index is 599. The van der Waals surface area contributed by atoms with Gasteiger partial charge < -0.3 is 9.73 Å². The Balaban J connectivity index is 1.59. The SMILES string of the molecule is c1cc2c(o1)CCCC2Nc1ccc2c(c1)CCC2. The van der Waals surface area contributed by atoms with E-state index in [-0.39, 0.29) is 0 Å². The molecule has 1 N–H and O–H groups in total. The highest BCUT2D eigenvalue weighted by Crippen LogP contribution is 2.34. The Hall–Kier alpha value is -1.70. The van der Waals surface area contributed by atoms with Crippen LogP contribution in [0.15, 0.2) is 34.9 Å². The van der Waals surface area contributed by atoms with E-state index < -0.39 is 0 Å². The standard InChI is InChI=1S/C17H19NO/c1-3-12-7-8-14(11-13(12)4-1)18-16-5-2-6-17-15(16)9-10-19-17/h7-11,16,18H,1-6H2. The highest BCUT2D eigenvalue weighted by Gasteiger charge is 2.22. The zero-order chi connectivity index (χ0) is 12.7. The molecule has 1 heterocycles. The van der Waals surface area contributed by atoms with Crippen LogP contribution in [0.1, 0.15) is 47.8 Å². The minimum absolute atomic E-state index is 0.418. The molecule has 1 aromatic heterocycles. The molecule has 0 saturated heterocycles. The summed E-state index contributed by atoms with van der Waals surface area (Å²) in [6, 6.07) is 9.42. The van der Waals surface area contributed by atoms with Crippen LogP contribution in [0.5, 0.6) is 0 Å². The van der Waals surface area contributed by atoms with Gasteiger partial charge in [-0.1, -0.05) is 6.07 Å². The molecule has 98 valence electrons. The van der Waals surface area contributed by atoms with Crippen molar-refractivity contribution < 1.29 is 4.42 Å². The number of aryl methyl sites for hydroxylation is 3. The van der Waals surface area contributed by atoms with E-state index in [0.29, 0.717) is 6.04 Å². The van der Waals surface area contributed by atoms with Crippen molar-refractivity contribution in [2.45, 2.75) is 44.6 Å². The third-order valence-corrected chi connectivity index (χ3v) is 4.49. The smallest absolute Gasteiger partial charge is 0.109 e. The predicted octanol–water partition coefficient (Wildman–Crippen LogP) is 4.26. The fourth-order valence-electron chi connectivity index (χ4n) is 3.50. The summed E-state index contributed by atoms with van der Waals surface area (Å²) in [5, 5.41) is 3.69. The molecule has 0 radical (unpaired) electrons. The lowest BCUT2D eigenvalue weighted by Crippen LogP contribution is -2.15. The van der Waals surface area contributed by atoms with Gasteiger partial charge in [-0.05, 0) is 61.4 Å². The van der Waals surface area contributed by atoms with E-state index in [1.165, 1.54) is 60.2 Å². The van der Waals surface area contributed by atoms with Crippen LogP contribution in [0.4, 0.5) is 5.69 Å². The number of furan rings is 1. The predicted molar refractivity (Wildman–Crippen MR) is 76.5 cm³/mol. The van der Waals surface area contributed by atoms with E-state index in [4.69, 9.17) is 4.42 Å². The number of benzene rings is 1. The monoisotopic (exact) mass is 253 g/mol. The molecule has 0 saturated carbocycles. The summed E-state index contributed by atoms with van der Waals surface area (Å²) in [6.45, 7) is 0. The van der Waals surface area contributed by atoms with E-state index in [2.05, 4.69) is 29.6 Å². The van der Waals surface area contributed by atoms with E-state index in [0.717, 1.165) is 6.42 Å². The van der Waals surface area contributed by atoms with Gasteiger partial charge in [0.05, 0.1) is 12.3 Å². The van der Waals surface area contributed by atoms with Gasteiger partial charge in [-0.25, -0.2) is 0 Å². The van der Waals surface area contributed by atoms with Gasteiger partial charge in [0.1, 0.15) is 5.76 Å². The number of nitrogens with one attached hydrogen (secondary N) is 1. The molecule has 19 heavy (non-hydrogen) atoms. The lowest BCUT2D eigenvalue weighted by atomic mass is 9.93. The molecule has 0 bridgehead atoms. The maximum absolute atomic E-state index is 5.56. The molecule has 4 rings (SSSR count). The number of fused-ring (bicyclic) bond motifs is 2. The summed E-state index contributed by atoms with van der Waals surface area (Å²) < 4.78 is 5.56. The topological polar surface area (TPSA) is 25.2 Å². The molecular formula is C17H19NO. The van der Waals surface area contributed by atoms with Crippen LogP contribution in [0.3, 0.4) is 0 Å². The van der Waals surface area contributed by atoms with Gasteiger partial charge in [0.2, 0.25) is 0 Å². The molecule has 2 aromatic rings. The highest BCUT2D eigenvalue weighted by atomic mass is 16.3. The van der Waals surface area contributed by atoms with Gasteiger partial charge in [-0.3, -0.25) is 0 Å². The second-order valence-electron chi connectivity index (χ2n) is 5.73. The van der Waals surface area contributed by atoms with E-state index in [1.807, 2.05) is 6.26 Å². The minimum atomic E-state index is 0.418. The van der Waals surface area contributed by atoms with Crippen molar-refractivity contribution in [3.63, 3.8) is 0 Å². The average molecular weight is 253 g/mol. The van der Waals surface area contributed by atoms with Crippen molar-refractivity contribution in [1.82, 2.24) is 0 Å². The summed E-state index contributed by atoms with van der Waals surface area (Å²) in [7, 11) is 0. The maximum Gasteiger partial charge on any atom is 0.109 e. The average Bonchev–Trinajstić information content (AvgIpc) is 3.06. The van der Waals surface area contributed by atoms with Crippen molar-refractivity contribution in [2.24, 2.45) is 0 Å². The molecule has 1 unspecified atom stereocenters. The van der Waals surface area contributed by atoms with Crippen LogP contribution in [-0.4, -0.2) is 0 Å². The zero-order valence-corrected chi connectivity index (χ0v) is 11.1. The van der Waals surface area contributed by atoms with Crippen molar-refractivity contribution in [3.8, 4) is 0 Å². The van der Waals surface area contributed by atoms with Crippen LogP contribution in [0.25, 0.3) is 0 Å². The van der Waals surface area contributed by atoms with Gasteiger partial charge in [-0.15, -0.1) is 0 Å². The summed E-state index contributed by atoms with van der Waals surface area (Å²) in [5.41, 5.74) is 5.69. The molecule has 2 aliphatic rings. The third-order valence-electron chi connectivity index (χ3n) is 4.49. The first kappa shape index (κ1) is 11.2. The fourth-order valence-corrected chi connectivity index (χ4v) is 3.50. The number of hydrogen-bond acceptors (Lipinski definition) is 2. The Morgan fingerprint density at radius 1 is 1.00 bits per heavy atom. The fraction of sp³-hybridized carbons (Fsp3) is 0.412. The summed E-state index contributed by atoms with van der Waals surface area (Å²) in [6.07, 6.45) is 9.14. The van der Waals surface area contributed by atoms with Gasteiger partial charge in [0.15, 0.2) is 0 Å². The molecule has 2 aliphatic carbocycles. The summed E-state index contributed by atoms with van der Waals surface area (Å²) >= 11 is 0. The first-order valence-electron chi connectivity index (χ1n) is 7.35. The minimum Gasteiger partial charge on any atom is -0.469 e. The van der Waals surface area contributed by atoms with Crippen molar-refractivity contribution in [1.29, 1.82) is 0 Å². The van der Waals surface area contributed by atoms with Gasteiger partial charge >= 0.3 is 0 Å². The maximum atomic E-state index is 5.56. The van der Waals surface area contributed by atoms with Gasteiger partial charge in [0.25, 0.3) is 0 Å². The Labute approximate surface area is 113 Å². The molecule has 0 amide bonds. The highest BCUT2D eigenvalue weighted by molar-refractivity contribution is 5.52. The Kier molecular flexibility index (Phi) is 2.61. The van der Waals surface area contributed by atoms with E-state index in [1.54, 1.807) is 0 Å². The summed E-state index contributed by atoms with van der Waals surface area (Å²) in [5.74, 6) is 1.17. The zero-order valence-electron chi connectivity index (χ0n) is 11.1. The van der Waals surface area contributed by atoms with Gasteiger partial charge in [-0.2, -0.15) is 0 Å². The molecule has 1 atom stereocenters. The number of rotatable bonds is 2. The quantitative estimate of drug-likeness (QED) is 0.865. The molecule has 0 aliphatic heterocycles. The van der Waals surface area contributed by atoms with Crippen LogP contribution >= 0.6 is 0 Å². The van der Waals surface area contributed by atoms with Crippen LogP contribution in [-0.2, 0) is 19.3 Å². The van der Waals surface area contributed by atoms with Gasteiger partial charge in [0, 0.05) is 17.7 Å². The summed E-state index contributed by atoms with van der Waals surface area (Å²) in [4.78, 5) is 0. The van der Waals surface area contributed by atoms with E-state index >= 15 is 0 Å². The van der Waals surface area contributed by atoms with Crippen molar-refractivity contribution in [3.05, 3.63) is 53.0 Å². The first-order chi connectivity index (χ1) is 9.40. The molecule has 2 nitrogen and oxygen atoms in total. The van der Waals surface area contributed by atoms with Crippen LogP contribution in [0.2, 0.25) is 0 Å². The molecule has 0 fully saturated rings. The van der Waals surface area contributed by atoms with Crippen LogP contribution in [0, 0.1) is 0 Å². The largest absolute Gasteiger partial charge is 0.469 e. The Morgan fingerprint density at radius 2 is 1.95 bits per heavy atom. The molecule has 1 aromatic carbocycles. The Morgan fingerprint density at radius 3 is 2.95 bits per heavy atom. The lowest BCUT2D eigenvalue weighted by Gasteiger charge is -2.24. The number of hydrogen-bond donors (Lipinski definition) is 1. The molecular weight excluding hydrogens is 234 g/mol. The van der Waals surface area contributed by atoms with Crippen molar-refractivity contribution in [2.75, 3.05) is 5.32 Å². The molecule has 0 spiro atoms. The second-order valence-corrected chi connectivity index (χ2v) is 5.73. The first-order valence-corrected chi connectivity index (χ1v) is 7.35. The lowest BCUT2D eigenvalue weighted by molar-refractivity contribution is 0.461. The van der Waals surface area contributed by atoms with E-state index in [9.17, 15) is 0 Å². The second kappa shape index (κ2) is 4.44. The number of anilines is 1. The van der Waals surface area contributed by atoms with Crippen molar-refractivity contribution >= 4 is 5.69 Å². The third kappa shape index (κ3) is 1.95.